The Morgan fingerprint density at radius 3 is 1.56 bits per heavy atom. The normalized spacial score (nSPS) is 14.4. The largest absolute Gasteiger partial charge is 0.208 e. The van der Waals surface area contributed by atoms with Gasteiger partial charge in [-0.2, -0.15) is 0 Å². The van der Waals surface area contributed by atoms with E-state index >= 15 is 0 Å². The van der Waals surface area contributed by atoms with Crippen LogP contribution in [-0.4, -0.2) is 15.0 Å². The minimum Gasteiger partial charge on any atom is -0.208 e. The van der Waals surface area contributed by atoms with Crippen LogP contribution >= 0.6 is 0 Å². The third-order valence-electron chi connectivity index (χ3n) is 10.3. The molecule has 1 saturated carbocycles. The van der Waals surface area contributed by atoms with Crippen molar-refractivity contribution in [2.24, 2.45) is 0 Å². The summed E-state index contributed by atoms with van der Waals surface area (Å²) in [5.74, 6) is 2.00. The van der Waals surface area contributed by atoms with Crippen LogP contribution in [0.5, 0.6) is 0 Å². The predicted octanol–water partition coefficient (Wildman–Crippen LogP) is 11.4. The van der Waals surface area contributed by atoms with E-state index in [0.717, 1.165) is 22.3 Å². The van der Waals surface area contributed by atoms with Gasteiger partial charge in [-0.15, -0.1) is 0 Å². The molecule has 1 aromatic heterocycles. The minimum absolute atomic E-state index is 0.127. The maximum atomic E-state index is 5.09. The predicted molar refractivity (Wildman–Crippen MR) is 196 cm³/mol. The number of aromatic nitrogens is 3. The third-order valence-corrected chi connectivity index (χ3v) is 10.3. The second kappa shape index (κ2) is 11.8. The Morgan fingerprint density at radius 1 is 0.354 bits per heavy atom. The molecule has 0 N–H and O–H groups in total. The second-order valence-corrected chi connectivity index (χ2v) is 13.1. The van der Waals surface area contributed by atoms with Gasteiger partial charge in [0.25, 0.3) is 0 Å². The monoisotopic (exact) mass is 617 g/mol. The molecule has 6 aromatic carbocycles. The number of hydrogen-bond acceptors (Lipinski definition) is 3. The zero-order valence-electron chi connectivity index (χ0n) is 26.8. The second-order valence-electron chi connectivity index (χ2n) is 13.1. The van der Waals surface area contributed by atoms with Crippen molar-refractivity contribution in [3.05, 3.63) is 163 Å². The van der Waals surface area contributed by atoms with E-state index in [-0.39, 0.29) is 5.41 Å². The van der Waals surface area contributed by atoms with Gasteiger partial charge < -0.3 is 0 Å². The van der Waals surface area contributed by atoms with Gasteiger partial charge in [-0.25, -0.2) is 15.0 Å². The van der Waals surface area contributed by atoms with Crippen molar-refractivity contribution < 1.29 is 0 Å². The number of hydrogen-bond donors (Lipinski definition) is 0. The Hall–Kier alpha value is -5.67. The molecule has 1 heterocycles. The standard InChI is InChI=1S/C45H35N3/c1-4-14-31(15-5-1)32-24-26-34(27-25-32)43-46-42(33-16-6-2-7-17-33)47-44(48-43)36-19-12-18-35(30-36)37-21-13-23-40-41(37)38-20-8-9-22-39(38)45(40)28-10-3-11-29-45/h1-2,4-9,12-27,30H,3,10-11,28-29H2. The molecule has 3 heteroatoms. The molecule has 7 aromatic rings. The lowest BCUT2D eigenvalue weighted by molar-refractivity contribution is 0.353. The zero-order valence-corrected chi connectivity index (χ0v) is 26.8. The van der Waals surface area contributed by atoms with Gasteiger partial charge in [0.1, 0.15) is 0 Å². The van der Waals surface area contributed by atoms with Crippen LogP contribution in [0.4, 0.5) is 0 Å². The van der Waals surface area contributed by atoms with Gasteiger partial charge >= 0.3 is 0 Å². The van der Waals surface area contributed by atoms with E-state index in [1.807, 2.05) is 24.3 Å². The highest BCUT2D eigenvalue weighted by Gasteiger charge is 2.44. The van der Waals surface area contributed by atoms with E-state index < -0.39 is 0 Å². The fourth-order valence-electron chi connectivity index (χ4n) is 8.06. The molecule has 0 unspecified atom stereocenters. The lowest BCUT2D eigenvalue weighted by Crippen LogP contribution is -2.27. The molecule has 3 nitrogen and oxygen atoms in total. The van der Waals surface area contributed by atoms with Crippen LogP contribution in [0, 0.1) is 0 Å². The summed E-state index contributed by atoms with van der Waals surface area (Å²) in [6, 6.07) is 54.0. The first-order valence-electron chi connectivity index (χ1n) is 17.1. The van der Waals surface area contributed by atoms with Gasteiger partial charge in [-0.1, -0.05) is 165 Å². The van der Waals surface area contributed by atoms with Gasteiger partial charge in [0.2, 0.25) is 0 Å². The Morgan fingerprint density at radius 2 is 0.833 bits per heavy atom. The molecule has 0 atom stereocenters. The van der Waals surface area contributed by atoms with E-state index in [1.165, 1.54) is 71.0 Å². The summed E-state index contributed by atoms with van der Waals surface area (Å²) in [6.45, 7) is 0. The van der Waals surface area contributed by atoms with Gasteiger partial charge in [0.05, 0.1) is 0 Å². The van der Waals surface area contributed by atoms with Crippen molar-refractivity contribution in [2.75, 3.05) is 0 Å². The maximum Gasteiger partial charge on any atom is 0.164 e. The Labute approximate surface area is 282 Å². The number of rotatable bonds is 5. The highest BCUT2D eigenvalue weighted by Crippen LogP contribution is 2.57. The van der Waals surface area contributed by atoms with Gasteiger partial charge in [0, 0.05) is 22.1 Å². The molecule has 230 valence electrons. The Bertz CT molecular complexity index is 2250. The quantitative estimate of drug-likeness (QED) is 0.193. The fourth-order valence-corrected chi connectivity index (χ4v) is 8.06. The van der Waals surface area contributed by atoms with E-state index in [0.29, 0.717) is 17.5 Å². The summed E-state index contributed by atoms with van der Waals surface area (Å²) >= 11 is 0. The van der Waals surface area contributed by atoms with Crippen LogP contribution in [0.3, 0.4) is 0 Å². The van der Waals surface area contributed by atoms with Crippen LogP contribution in [0.15, 0.2) is 152 Å². The topological polar surface area (TPSA) is 38.7 Å². The summed E-state index contributed by atoms with van der Waals surface area (Å²) in [4.78, 5) is 15.1. The smallest absolute Gasteiger partial charge is 0.164 e. The summed E-state index contributed by atoms with van der Waals surface area (Å²) < 4.78 is 0. The van der Waals surface area contributed by atoms with E-state index in [1.54, 1.807) is 0 Å². The lowest BCUT2D eigenvalue weighted by atomic mass is 9.68. The minimum atomic E-state index is 0.127. The van der Waals surface area contributed by atoms with Crippen LogP contribution in [-0.2, 0) is 5.41 Å². The molecule has 9 rings (SSSR count). The summed E-state index contributed by atoms with van der Waals surface area (Å²) in [6.07, 6.45) is 6.35. The maximum absolute atomic E-state index is 5.09. The number of fused-ring (bicyclic) bond motifs is 5. The Kier molecular flexibility index (Phi) is 7.04. The molecular formula is C45H35N3. The molecule has 0 amide bonds. The fraction of sp³-hybridized carbons (Fsp3) is 0.133. The van der Waals surface area contributed by atoms with Gasteiger partial charge in [0.15, 0.2) is 17.5 Å². The number of benzene rings is 6. The van der Waals surface area contributed by atoms with Crippen molar-refractivity contribution in [1.82, 2.24) is 15.0 Å². The zero-order chi connectivity index (χ0) is 31.9. The van der Waals surface area contributed by atoms with Gasteiger partial charge in [-0.05, 0) is 63.4 Å². The average Bonchev–Trinajstić information content (AvgIpc) is 3.44. The molecule has 0 aliphatic heterocycles. The molecule has 48 heavy (non-hydrogen) atoms. The Balaban J connectivity index is 1.16. The lowest BCUT2D eigenvalue weighted by Gasteiger charge is -2.36. The highest BCUT2D eigenvalue weighted by molar-refractivity contribution is 5.93. The first-order valence-corrected chi connectivity index (χ1v) is 17.1. The van der Waals surface area contributed by atoms with Crippen LogP contribution in [0.1, 0.15) is 43.2 Å². The molecule has 2 aliphatic rings. The summed E-state index contributed by atoms with van der Waals surface area (Å²) in [5, 5.41) is 0. The van der Waals surface area contributed by atoms with E-state index in [2.05, 4.69) is 127 Å². The van der Waals surface area contributed by atoms with Crippen molar-refractivity contribution in [3.63, 3.8) is 0 Å². The summed E-state index contributed by atoms with van der Waals surface area (Å²) in [7, 11) is 0. The average molecular weight is 618 g/mol. The number of nitrogens with zero attached hydrogens (tertiary/aromatic N) is 3. The SMILES string of the molecule is c1ccc(-c2ccc(-c3nc(-c4ccccc4)nc(-c4cccc(-c5cccc6c5-c5ccccc5C65CCCCC5)c4)n3)cc2)cc1. The molecular weight excluding hydrogens is 583 g/mol. The van der Waals surface area contributed by atoms with Crippen LogP contribution in [0.25, 0.3) is 67.5 Å². The summed E-state index contributed by atoms with van der Waals surface area (Å²) in [5.41, 5.74) is 13.6. The molecule has 1 fully saturated rings. The van der Waals surface area contributed by atoms with E-state index in [4.69, 9.17) is 15.0 Å². The molecule has 0 bridgehead atoms. The van der Waals surface area contributed by atoms with Crippen molar-refractivity contribution in [3.8, 4) is 67.5 Å². The first-order chi connectivity index (χ1) is 23.8. The molecule has 0 radical (unpaired) electrons. The molecule has 0 saturated heterocycles. The van der Waals surface area contributed by atoms with E-state index in [9.17, 15) is 0 Å². The van der Waals surface area contributed by atoms with Crippen LogP contribution in [0.2, 0.25) is 0 Å². The van der Waals surface area contributed by atoms with Crippen molar-refractivity contribution in [2.45, 2.75) is 37.5 Å². The van der Waals surface area contributed by atoms with Gasteiger partial charge in [-0.3, -0.25) is 0 Å². The van der Waals surface area contributed by atoms with Crippen molar-refractivity contribution >= 4 is 0 Å². The first kappa shape index (κ1) is 28.5. The third kappa shape index (κ3) is 4.86. The molecule has 2 aliphatic carbocycles. The highest BCUT2D eigenvalue weighted by atomic mass is 15.0. The van der Waals surface area contributed by atoms with Crippen molar-refractivity contribution in [1.29, 1.82) is 0 Å². The van der Waals surface area contributed by atoms with Crippen LogP contribution < -0.4 is 0 Å². The molecule has 1 spiro atoms.